The molecule has 126 valence electrons. The van der Waals surface area contributed by atoms with Crippen molar-refractivity contribution in [3.63, 3.8) is 0 Å². The fourth-order valence-electron chi connectivity index (χ4n) is 2.27. The first-order valence-corrected chi connectivity index (χ1v) is 8.53. The minimum atomic E-state index is -0.436. The molecule has 0 fully saturated rings. The van der Waals surface area contributed by atoms with Crippen molar-refractivity contribution in [1.29, 1.82) is 0 Å². The van der Waals surface area contributed by atoms with Crippen LogP contribution in [0.15, 0.2) is 53.4 Å². The predicted molar refractivity (Wildman–Crippen MR) is 93.2 cm³/mol. The average molecular weight is 346 g/mol. The fraction of sp³-hybridized carbons (Fsp3) is 0.222. The maximum atomic E-state index is 13.3. The zero-order valence-electron chi connectivity index (χ0n) is 13.4. The van der Waals surface area contributed by atoms with Crippen molar-refractivity contribution in [2.24, 2.45) is 5.73 Å². The third-order valence-electron chi connectivity index (χ3n) is 3.42. The monoisotopic (exact) mass is 346 g/mol. The second-order valence-corrected chi connectivity index (χ2v) is 6.22. The number of carbonyl (C=O) groups is 2. The van der Waals surface area contributed by atoms with Gasteiger partial charge in [0.25, 0.3) is 5.91 Å². The van der Waals surface area contributed by atoms with Gasteiger partial charge in [0.15, 0.2) is 0 Å². The number of primary amides is 1. The largest absolute Gasteiger partial charge is 0.369 e. The topological polar surface area (TPSA) is 63.4 Å². The summed E-state index contributed by atoms with van der Waals surface area (Å²) in [6, 6.07) is 13.3. The molecule has 0 bridgehead atoms. The van der Waals surface area contributed by atoms with Gasteiger partial charge >= 0.3 is 0 Å². The van der Waals surface area contributed by atoms with Gasteiger partial charge in [-0.15, -0.1) is 11.8 Å². The van der Waals surface area contributed by atoms with Gasteiger partial charge in [-0.1, -0.05) is 24.3 Å². The molecule has 0 unspecified atom stereocenters. The van der Waals surface area contributed by atoms with E-state index >= 15 is 0 Å². The Morgan fingerprint density at radius 3 is 2.58 bits per heavy atom. The summed E-state index contributed by atoms with van der Waals surface area (Å²) < 4.78 is 13.3. The fourth-order valence-corrected chi connectivity index (χ4v) is 3.05. The van der Waals surface area contributed by atoms with Crippen LogP contribution >= 0.6 is 11.8 Å². The lowest BCUT2D eigenvalue weighted by atomic mass is 10.1. The number of hydrogen-bond acceptors (Lipinski definition) is 3. The van der Waals surface area contributed by atoms with Crippen molar-refractivity contribution in [1.82, 2.24) is 4.90 Å². The summed E-state index contributed by atoms with van der Waals surface area (Å²) in [6.45, 7) is 2.68. The average Bonchev–Trinajstić information content (AvgIpc) is 2.57. The highest BCUT2D eigenvalue weighted by atomic mass is 32.2. The van der Waals surface area contributed by atoms with Gasteiger partial charge in [-0.25, -0.2) is 4.39 Å². The summed E-state index contributed by atoms with van der Waals surface area (Å²) in [6.07, 6.45) is 0. The molecule has 0 aromatic heterocycles. The quantitative estimate of drug-likeness (QED) is 0.784. The standard InChI is InChI=1S/C18H19FN2O2S/c1-2-21(11-13-6-5-7-14(19)10-13)18(23)15-8-3-4-9-16(15)24-12-17(20)22/h3-10H,2,11-12H2,1H3,(H2,20,22). The molecule has 2 aromatic rings. The number of carbonyl (C=O) groups excluding carboxylic acids is 2. The highest BCUT2D eigenvalue weighted by molar-refractivity contribution is 8.00. The molecule has 0 aliphatic rings. The van der Waals surface area contributed by atoms with E-state index in [-0.39, 0.29) is 17.5 Å². The molecule has 0 radical (unpaired) electrons. The first-order chi connectivity index (χ1) is 11.5. The number of rotatable bonds is 7. The Hall–Kier alpha value is -2.34. The molecule has 0 spiro atoms. The second kappa shape index (κ2) is 8.49. The molecule has 2 aromatic carbocycles. The van der Waals surface area contributed by atoms with Crippen LogP contribution in [0.3, 0.4) is 0 Å². The van der Waals surface area contributed by atoms with Crippen LogP contribution in [0.5, 0.6) is 0 Å². The number of hydrogen-bond donors (Lipinski definition) is 1. The van der Waals surface area contributed by atoms with Crippen LogP contribution in [0.25, 0.3) is 0 Å². The van der Waals surface area contributed by atoms with Crippen molar-refractivity contribution in [3.8, 4) is 0 Å². The van der Waals surface area contributed by atoms with E-state index in [1.807, 2.05) is 13.0 Å². The van der Waals surface area contributed by atoms with Gasteiger partial charge in [-0.3, -0.25) is 9.59 Å². The Bertz CT molecular complexity index is 736. The minimum absolute atomic E-state index is 0.111. The van der Waals surface area contributed by atoms with Crippen molar-refractivity contribution in [2.45, 2.75) is 18.4 Å². The molecule has 6 heteroatoms. The Kier molecular flexibility index (Phi) is 6.37. The summed E-state index contributed by atoms with van der Waals surface area (Å²) >= 11 is 1.24. The van der Waals surface area contributed by atoms with Gasteiger partial charge in [0.2, 0.25) is 5.91 Å². The Morgan fingerprint density at radius 2 is 1.92 bits per heavy atom. The number of thioether (sulfide) groups is 1. The number of benzene rings is 2. The summed E-state index contributed by atoms with van der Waals surface area (Å²) in [5, 5.41) is 0. The molecule has 0 atom stereocenters. The molecule has 4 nitrogen and oxygen atoms in total. The van der Waals surface area contributed by atoms with E-state index in [2.05, 4.69) is 0 Å². The number of nitrogens with zero attached hydrogens (tertiary/aromatic N) is 1. The van der Waals surface area contributed by atoms with Crippen LogP contribution in [-0.4, -0.2) is 29.0 Å². The van der Waals surface area contributed by atoms with Crippen LogP contribution in [-0.2, 0) is 11.3 Å². The molecular weight excluding hydrogens is 327 g/mol. The summed E-state index contributed by atoms with van der Waals surface area (Å²) in [5.74, 6) is -0.808. The van der Waals surface area contributed by atoms with E-state index in [1.54, 1.807) is 35.2 Å². The summed E-state index contributed by atoms with van der Waals surface area (Å²) in [5.41, 5.74) is 6.42. The maximum absolute atomic E-state index is 13.3. The molecule has 2 rings (SSSR count). The second-order valence-electron chi connectivity index (χ2n) is 5.20. The van der Waals surface area contributed by atoms with E-state index in [0.717, 1.165) is 5.56 Å². The van der Waals surface area contributed by atoms with Gasteiger partial charge in [-0.05, 0) is 36.8 Å². The minimum Gasteiger partial charge on any atom is -0.369 e. The molecule has 0 heterocycles. The first-order valence-electron chi connectivity index (χ1n) is 7.55. The predicted octanol–water partition coefficient (Wildman–Crippen LogP) is 3.07. The zero-order valence-corrected chi connectivity index (χ0v) is 14.2. The highest BCUT2D eigenvalue weighted by Crippen LogP contribution is 2.24. The lowest BCUT2D eigenvalue weighted by molar-refractivity contribution is -0.115. The Labute approximate surface area is 144 Å². The molecule has 0 saturated heterocycles. The van der Waals surface area contributed by atoms with Gasteiger partial charge in [0.1, 0.15) is 5.82 Å². The lowest BCUT2D eigenvalue weighted by Crippen LogP contribution is -2.30. The van der Waals surface area contributed by atoms with Crippen LogP contribution in [0.1, 0.15) is 22.8 Å². The third kappa shape index (κ3) is 4.83. The van der Waals surface area contributed by atoms with Crippen molar-refractivity contribution >= 4 is 23.6 Å². The zero-order chi connectivity index (χ0) is 17.5. The normalized spacial score (nSPS) is 10.4. The molecule has 2 N–H and O–H groups in total. The summed E-state index contributed by atoms with van der Waals surface area (Å²) in [4.78, 5) is 26.2. The van der Waals surface area contributed by atoms with E-state index in [0.29, 0.717) is 23.5 Å². The van der Waals surface area contributed by atoms with Gasteiger partial charge in [-0.2, -0.15) is 0 Å². The van der Waals surface area contributed by atoms with Crippen LogP contribution in [0.2, 0.25) is 0 Å². The molecule has 0 aliphatic carbocycles. The van der Waals surface area contributed by atoms with Crippen molar-refractivity contribution < 1.29 is 14.0 Å². The number of nitrogens with two attached hydrogens (primary N) is 1. The molecule has 0 aliphatic heterocycles. The lowest BCUT2D eigenvalue weighted by Gasteiger charge is -2.22. The van der Waals surface area contributed by atoms with Gasteiger partial charge < -0.3 is 10.6 Å². The number of halogens is 1. The van der Waals surface area contributed by atoms with Crippen molar-refractivity contribution in [2.75, 3.05) is 12.3 Å². The van der Waals surface area contributed by atoms with Gasteiger partial charge in [0, 0.05) is 18.0 Å². The van der Waals surface area contributed by atoms with Gasteiger partial charge in [0.05, 0.1) is 11.3 Å². The van der Waals surface area contributed by atoms with Crippen molar-refractivity contribution in [3.05, 3.63) is 65.5 Å². The van der Waals surface area contributed by atoms with Crippen LogP contribution < -0.4 is 5.73 Å². The SMILES string of the molecule is CCN(Cc1cccc(F)c1)C(=O)c1ccccc1SCC(N)=O. The smallest absolute Gasteiger partial charge is 0.255 e. The van der Waals surface area contributed by atoms with Crippen LogP contribution in [0.4, 0.5) is 4.39 Å². The highest BCUT2D eigenvalue weighted by Gasteiger charge is 2.18. The Balaban J connectivity index is 2.20. The van der Waals surface area contributed by atoms with E-state index in [1.165, 1.54) is 23.9 Å². The molecule has 24 heavy (non-hydrogen) atoms. The third-order valence-corrected chi connectivity index (χ3v) is 4.51. The summed E-state index contributed by atoms with van der Waals surface area (Å²) in [7, 11) is 0. The molecule has 2 amide bonds. The van der Waals surface area contributed by atoms with E-state index < -0.39 is 5.91 Å². The van der Waals surface area contributed by atoms with E-state index in [4.69, 9.17) is 5.73 Å². The maximum Gasteiger partial charge on any atom is 0.255 e. The van der Waals surface area contributed by atoms with E-state index in [9.17, 15) is 14.0 Å². The Morgan fingerprint density at radius 1 is 1.17 bits per heavy atom. The number of amides is 2. The molecule has 0 saturated carbocycles. The molecular formula is C18H19FN2O2S. The first kappa shape index (κ1) is 18.0. The van der Waals surface area contributed by atoms with Crippen LogP contribution in [0, 0.1) is 5.82 Å².